The van der Waals surface area contributed by atoms with E-state index in [0.717, 1.165) is 0 Å². The Bertz CT molecular complexity index is 507. The van der Waals surface area contributed by atoms with Crippen molar-refractivity contribution in [1.82, 2.24) is 0 Å². The molecule has 0 spiro atoms. The van der Waals surface area contributed by atoms with Gasteiger partial charge >= 0.3 is 5.97 Å². The third-order valence-electron chi connectivity index (χ3n) is 2.80. The number of carbonyl (C=O) groups is 1. The van der Waals surface area contributed by atoms with Gasteiger partial charge in [0.15, 0.2) is 0 Å². The van der Waals surface area contributed by atoms with Crippen molar-refractivity contribution >= 4 is 5.97 Å². The molecule has 0 aliphatic heterocycles. The lowest BCUT2D eigenvalue weighted by Gasteiger charge is -2.14. The van der Waals surface area contributed by atoms with Crippen molar-refractivity contribution in [1.29, 1.82) is 5.26 Å². The molecule has 0 fully saturated rings. The van der Waals surface area contributed by atoms with Crippen LogP contribution in [0.25, 0.3) is 0 Å². The number of nitrogens with zero attached hydrogens (tertiary/aromatic N) is 1. The van der Waals surface area contributed by atoms with E-state index in [1.165, 1.54) is 6.07 Å². The summed E-state index contributed by atoms with van der Waals surface area (Å²) in [7, 11) is 0. The Morgan fingerprint density at radius 2 is 2.11 bits per heavy atom. The van der Waals surface area contributed by atoms with Crippen LogP contribution in [0.15, 0.2) is 12.1 Å². The highest BCUT2D eigenvalue weighted by atomic mass is 19.3. The Hall–Kier alpha value is -1.96. The summed E-state index contributed by atoms with van der Waals surface area (Å²) in [5, 5.41) is 8.89. The van der Waals surface area contributed by atoms with Gasteiger partial charge < -0.3 is 4.74 Å². The van der Waals surface area contributed by atoms with E-state index in [-0.39, 0.29) is 29.7 Å². The van der Waals surface area contributed by atoms with Crippen LogP contribution in [0.5, 0.6) is 0 Å². The summed E-state index contributed by atoms with van der Waals surface area (Å²) in [4.78, 5) is 11.5. The molecule has 0 bridgehead atoms. The lowest BCUT2D eigenvalue weighted by atomic mass is 9.93. The number of esters is 1. The van der Waals surface area contributed by atoms with Crippen LogP contribution in [0.1, 0.15) is 42.5 Å². The van der Waals surface area contributed by atoms with Crippen LogP contribution in [-0.4, -0.2) is 12.6 Å². The third kappa shape index (κ3) is 3.50. The number of benzene rings is 1. The molecular weight excluding hydrogens is 252 g/mol. The summed E-state index contributed by atoms with van der Waals surface area (Å²) in [5.74, 6) is -0.561. The Morgan fingerprint density at radius 1 is 1.42 bits per heavy atom. The normalized spacial score (nSPS) is 10.3. The quantitative estimate of drug-likeness (QED) is 0.770. The molecule has 0 saturated carbocycles. The number of alkyl halides is 2. The Labute approximate surface area is 110 Å². The molecule has 1 rings (SSSR count). The zero-order chi connectivity index (χ0) is 14.4. The number of aryl methyl sites for hydroxylation is 1. The molecule has 3 nitrogen and oxygen atoms in total. The maximum atomic E-state index is 13.1. The summed E-state index contributed by atoms with van der Waals surface area (Å²) in [6.45, 7) is 3.66. The molecule has 102 valence electrons. The fourth-order valence-corrected chi connectivity index (χ4v) is 1.95. The highest BCUT2D eigenvalue weighted by Crippen LogP contribution is 2.30. The molecule has 5 heteroatoms. The molecule has 0 amide bonds. The second-order valence-corrected chi connectivity index (χ2v) is 3.91. The van der Waals surface area contributed by atoms with Crippen molar-refractivity contribution in [3.8, 4) is 6.07 Å². The predicted molar refractivity (Wildman–Crippen MR) is 65.8 cm³/mol. The smallest absolute Gasteiger partial charge is 0.310 e. The first kappa shape index (κ1) is 15.1. The molecular formula is C14H15F2NO2. The molecule has 0 unspecified atom stereocenters. The van der Waals surface area contributed by atoms with Crippen molar-refractivity contribution < 1.29 is 18.3 Å². The number of nitriles is 1. The van der Waals surface area contributed by atoms with E-state index in [0.29, 0.717) is 12.0 Å². The molecule has 0 radical (unpaired) electrons. The standard InChI is InChI=1S/C14H15F2NO2/c1-3-9-5-6-10(8-17)13(14(15)16)11(9)7-12(18)19-4-2/h5-6,14H,3-4,7H2,1-2H3. The first-order valence-corrected chi connectivity index (χ1v) is 6.03. The van der Waals surface area contributed by atoms with Crippen molar-refractivity contribution in [2.24, 2.45) is 0 Å². The van der Waals surface area contributed by atoms with Gasteiger partial charge in [-0.2, -0.15) is 5.26 Å². The van der Waals surface area contributed by atoms with Crippen LogP contribution < -0.4 is 0 Å². The minimum Gasteiger partial charge on any atom is -0.466 e. The second-order valence-electron chi connectivity index (χ2n) is 3.91. The molecule has 0 atom stereocenters. The molecule has 1 aromatic carbocycles. The fraction of sp³-hybridized carbons (Fsp3) is 0.429. The van der Waals surface area contributed by atoms with Crippen LogP contribution in [-0.2, 0) is 22.4 Å². The monoisotopic (exact) mass is 267 g/mol. The van der Waals surface area contributed by atoms with E-state index < -0.39 is 12.4 Å². The van der Waals surface area contributed by atoms with Gasteiger partial charge in [-0.3, -0.25) is 4.79 Å². The lowest BCUT2D eigenvalue weighted by molar-refractivity contribution is -0.142. The van der Waals surface area contributed by atoms with E-state index >= 15 is 0 Å². The summed E-state index contributed by atoms with van der Waals surface area (Å²) >= 11 is 0. The van der Waals surface area contributed by atoms with E-state index in [4.69, 9.17) is 10.00 Å². The van der Waals surface area contributed by atoms with Gasteiger partial charge in [0.1, 0.15) is 0 Å². The largest absolute Gasteiger partial charge is 0.466 e. The summed E-state index contributed by atoms with van der Waals surface area (Å²) in [5.41, 5.74) is 0.416. The SMILES string of the molecule is CCOC(=O)Cc1c(CC)ccc(C#N)c1C(F)F. The third-order valence-corrected chi connectivity index (χ3v) is 2.80. The Kier molecular flexibility index (Phi) is 5.43. The highest BCUT2D eigenvalue weighted by molar-refractivity contribution is 5.74. The Morgan fingerprint density at radius 3 is 2.58 bits per heavy atom. The average molecular weight is 267 g/mol. The van der Waals surface area contributed by atoms with Crippen molar-refractivity contribution in [2.45, 2.75) is 33.1 Å². The van der Waals surface area contributed by atoms with Crippen molar-refractivity contribution in [2.75, 3.05) is 6.61 Å². The number of rotatable bonds is 5. The predicted octanol–water partition coefficient (Wildman–Crippen LogP) is 3.16. The number of ether oxygens (including phenoxy) is 1. The minimum absolute atomic E-state index is 0.0912. The van der Waals surface area contributed by atoms with Gasteiger partial charge in [0.05, 0.1) is 24.7 Å². The molecule has 0 N–H and O–H groups in total. The summed E-state index contributed by atoms with van der Waals surface area (Å²) in [6.07, 6.45) is -2.50. The van der Waals surface area contributed by atoms with E-state index in [1.54, 1.807) is 19.1 Å². The fourth-order valence-electron chi connectivity index (χ4n) is 1.95. The molecule has 19 heavy (non-hydrogen) atoms. The first-order chi connectivity index (χ1) is 9.04. The average Bonchev–Trinajstić information content (AvgIpc) is 2.37. The van der Waals surface area contributed by atoms with Crippen LogP contribution in [0.3, 0.4) is 0 Å². The Balaban J connectivity index is 3.31. The number of hydrogen-bond acceptors (Lipinski definition) is 3. The zero-order valence-electron chi connectivity index (χ0n) is 10.9. The molecule has 0 aromatic heterocycles. The number of hydrogen-bond donors (Lipinski definition) is 0. The topological polar surface area (TPSA) is 50.1 Å². The summed E-state index contributed by atoms with van der Waals surface area (Å²) in [6, 6.07) is 4.72. The second kappa shape index (κ2) is 6.83. The van der Waals surface area contributed by atoms with Gasteiger partial charge in [-0.05, 0) is 30.5 Å². The maximum Gasteiger partial charge on any atom is 0.310 e. The maximum absolute atomic E-state index is 13.1. The van der Waals surface area contributed by atoms with Gasteiger partial charge in [-0.1, -0.05) is 13.0 Å². The highest BCUT2D eigenvalue weighted by Gasteiger charge is 2.22. The van der Waals surface area contributed by atoms with Crippen LogP contribution in [0.4, 0.5) is 8.78 Å². The summed E-state index contributed by atoms with van der Waals surface area (Å²) < 4.78 is 31.0. The van der Waals surface area contributed by atoms with Gasteiger partial charge in [-0.25, -0.2) is 8.78 Å². The molecule has 0 aliphatic carbocycles. The van der Waals surface area contributed by atoms with Gasteiger partial charge in [-0.15, -0.1) is 0 Å². The molecule has 1 aromatic rings. The van der Waals surface area contributed by atoms with Crippen LogP contribution >= 0.6 is 0 Å². The van der Waals surface area contributed by atoms with E-state index in [1.807, 2.05) is 6.92 Å². The lowest BCUT2D eigenvalue weighted by Crippen LogP contribution is -2.12. The van der Waals surface area contributed by atoms with Crippen molar-refractivity contribution in [3.63, 3.8) is 0 Å². The van der Waals surface area contributed by atoms with Gasteiger partial charge in [0.25, 0.3) is 6.43 Å². The molecule has 0 saturated heterocycles. The number of halogens is 2. The minimum atomic E-state index is -2.79. The first-order valence-electron chi connectivity index (χ1n) is 6.03. The molecule has 0 aliphatic rings. The van der Waals surface area contributed by atoms with E-state index in [2.05, 4.69) is 0 Å². The molecule has 0 heterocycles. The van der Waals surface area contributed by atoms with Crippen LogP contribution in [0.2, 0.25) is 0 Å². The zero-order valence-corrected chi connectivity index (χ0v) is 10.9. The van der Waals surface area contributed by atoms with Gasteiger partial charge in [0.2, 0.25) is 0 Å². The van der Waals surface area contributed by atoms with E-state index in [9.17, 15) is 13.6 Å². The van der Waals surface area contributed by atoms with Crippen LogP contribution in [0, 0.1) is 11.3 Å². The van der Waals surface area contributed by atoms with Gasteiger partial charge in [0, 0.05) is 5.56 Å². The number of carbonyl (C=O) groups excluding carboxylic acids is 1. The van der Waals surface area contributed by atoms with Crippen molar-refractivity contribution in [3.05, 3.63) is 34.4 Å².